The van der Waals surface area contributed by atoms with Gasteiger partial charge in [0, 0.05) is 0 Å². The van der Waals surface area contributed by atoms with Crippen LogP contribution >= 0.6 is 0 Å². The Morgan fingerprint density at radius 3 is 1.41 bits per heavy atom. The highest BCUT2D eigenvalue weighted by molar-refractivity contribution is 5.54. The summed E-state index contributed by atoms with van der Waals surface area (Å²) >= 11 is 0. The number of hydrogen-bond donors (Lipinski definition) is 2. The molecule has 0 amide bonds. The predicted octanol–water partition coefficient (Wildman–Crippen LogP) is 4.56. The number of rotatable bonds is 2. The molecule has 0 saturated carbocycles. The number of aliphatic hydroxyl groups is 2. The Balaban J connectivity index is 4.06. The molecular weight excluding hydrogens is 272 g/mol. The van der Waals surface area contributed by atoms with Crippen LogP contribution in [0.15, 0.2) is 6.07 Å². The molecule has 0 aliphatic rings. The smallest absolute Gasteiger partial charge is 0.0688 e. The van der Waals surface area contributed by atoms with Crippen molar-refractivity contribution in [2.75, 3.05) is 0 Å². The Labute approximate surface area is 136 Å². The molecule has 0 saturated heterocycles. The fourth-order valence-electron chi connectivity index (χ4n) is 3.30. The Bertz CT molecular complexity index is 535. The zero-order valence-electron chi connectivity index (χ0n) is 15.9. The van der Waals surface area contributed by atoms with E-state index in [-0.39, 0.29) is 29.5 Å². The molecule has 0 bridgehead atoms. The van der Waals surface area contributed by atoms with Gasteiger partial charge in [0.2, 0.25) is 0 Å². The van der Waals surface area contributed by atoms with Crippen LogP contribution in [0.1, 0.15) is 90.1 Å². The largest absolute Gasteiger partial charge is 0.392 e. The van der Waals surface area contributed by atoms with Gasteiger partial charge in [-0.3, -0.25) is 0 Å². The van der Waals surface area contributed by atoms with E-state index < -0.39 is 0 Å². The molecular formula is C20H34O2. The lowest BCUT2D eigenvalue weighted by Gasteiger charge is -2.38. The summed E-state index contributed by atoms with van der Waals surface area (Å²) in [7, 11) is 0. The minimum atomic E-state index is -0.0914. The van der Waals surface area contributed by atoms with Crippen LogP contribution in [0.2, 0.25) is 0 Å². The summed E-state index contributed by atoms with van der Waals surface area (Å²) in [5.74, 6) is 0. The van der Waals surface area contributed by atoms with E-state index in [0.29, 0.717) is 0 Å². The molecule has 0 spiro atoms. The first kappa shape index (κ1) is 19.2. The third-order valence-corrected chi connectivity index (χ3v) is 4.16. The zero-order chi connectivity index (χ0) is 17.5. The first-order valence-electron chi connectivity index (χ1n) is 8.17. The van der Waals surface area contributed by atoms with Crippen LogP contribution in [0.4, 0.5) is 0 Å². The van der Waals surface area contributed by atoms with Gasteiger partial charge in [-0.1, -0.05) is 68.4 Å². The molecule has 0 heterocycles. The molecule has 126 valence electrons. The van der Waals surface area contributed by atoms with Crippen molar-refractivity contribution in [3.8, 4) is 0 Å². The van der Waals surface area contributed by atoms with E-state index in [1.807, 2.05) is 0 Å². The SMILES string of the molecule is CC(C)(C)c1cc(CO)c(CO)c(C(C)(C)C)c1C(C)(C)C. The molecule has 2 N–H and O–H groups in total. The van der Waals surface area contributed by atoms with Gasteiger partial charge in [-0.05, 0) is 44.1 Å². The molecule has 0 aromatic heterocycles. The molecule has 0 fully saturated rings. The molecule has 1 rings (SSSR count). The summed E-state index contributed by atoms with van der Waals surface area (Å²) in [4.78, 5) is 0. The van der Waals surface area contributed by atoms with Gasteiger partial charge in [0.1, 0.15) is 0 Å². The van der Waals surface area contributed by atoms with Crippen LogP contribution in [-0.4, -0.2) is 10.2 Å². The van der Waals surface area contributed by atoms with Gasteiger partial charge in [-0.25, -0.2) is 0 Å². The van der Waals surface area contributed by atoms with Crippen LogP contribution in [0.3, 0.4) is 0 Å². The Morgan fingerprint density at radius 2 is 1.14 bits per heavy atom. The van der Waals surface area contributed by atoms with Crippen molar-refractivity contribution < 1.29 is 10.2 Å². The topological polar surface area (TPSA) is 40.5 Å². The lowest BCUT2D eigenvalue weighted by atomic mass is 9.66. The highest BCUT2D eigenvalue weighted by atomic mass is 16.3. The monoisotopic (exact) mass is 306 g/mol. The summed E-state index contributed by atoms with van der Waals surface area (Å²) in [6.45, 7) is 19.8. The van der Waals surface area contributed by atoms with Gasteiger partial charge < -0.3 is 10.2 Å². The second-order valence-corrected chi connectivity index (χ2v) is 9.38. The minimum absolute atomic E-state index is 0.0134. The van der Waals surface area contributed by atoms with Crippen molar-refractivity contribution in [2.45, 2.75) is 91.8 Å². The molecule has 0 atom stereocenters. The van der Waals surface area contributed by atoms with Crippen molar-refractivity contribution in [1.29, 1.82) is 0 Å². The van der Waals surface area contributed by atoms with Crippen LogP contribution in [0.25, 0.3) is 0 Å². The van der Waals surface area contributed by atoms with E-state index in [4.69, 9.17) is 0 Å². The summed E-state index contributed by atoms with van der Waals surface area (Å²) < 4.78 is 0. The number of benzene rings is 1. The lowest BCUT2D eigenvalue weighted by molar-refractivity contribution is 0.256. The van der Waals surface area contributed by atoms with E-state index in [0.717, 1.165) is 11.1 Å². The van der Waals surface area contributed by atoms with Crippen molar-refractivity contribution in [1.82, 2.24) is 0 Å². The van der Waals surface area contributed by atoms with E-state index in [1.54, 1.807) is 0 Å². The van der Waals surface area contributed by atoms with Gasteiger partial charge in [0.25, 0.3) is 0 Å². The fourth-order valence-corrected chi connectivity index (χ4v) is 3.30. The van der Waals surface area contributed by atoms with Crippen molar-refractivity contribution >= 4 is 0 Å². The van der Waals surface area contributed by atoms with Crippen LogP contribution in [0.5, 0.6) is 0 Å². The molecule has 0 radical (unpaired) electrons. The zero-order valence-corrected chi connectivity index (χ0v) is 15.9. The van der Waals surface area contributed by atoms with Crippen LogP contribution in [0, 0.1) is 0 Å². The van der Waals surface area contributed by atoms with E-state index >= 15 is 0 Å². The quantitative estimate of drug-likeness (QED) is 0.840. The van der Waals surface area contributed by atoms with Gasteiger partial charge in [0.15, 0.2) is 0 Å². The number of hydrogen-bond acceptors (Lipinski definition) is 2. The average molecular weight is 306 g/mol. The fraction of sp³-hybridized carbons (Fsp3) is 0.700. The van der Waals surface area contributed by atoms with E-state index in [1.165, 1.54) is 16.7 Å². The standard InChI is InChI=1S/C20H34O2/c1-18(2,3)15-10-13(11-21)14(12-22)16(19(4,5)6)17(15)20(7,8)9/h10,21-22H,11-12H2,1-9H3. The third-order valence-electron chi connectivity index (χ3n) is 4.16. The predicted molar refractivity (Wildman–Crippen MR) is 94.4 cm³/mol. The Morgan fingerprint density at radius 1 is 0.682 bits per heavy atom. The summed E-state index contributed by atoms with van der Waals surface area (Å²) in [5.41, 5.74) is 5.40. The summed E-state index contributed by atoms with van der Waals surface area (Å²) in [6.07, 6.45) is 0. The minimum Gasteiger partial charge on any atom is -0.392 e. The third kappa shape index (κ3) is 3.72. The molecule has 1 aromatic carbocycles. The second kappa shape index (κ2) is 5.98. The maximum Gasteiger partial charge on any atom is 0.0688 e. The Hall–Kier alpha value is -0.860. The Kier molecular flexibility index (Phi) is 5.21. The number of aliphatic hydroxyl groups excluding tert-OH is 2. The molecule has 1 aromatic rings. The van der Waals surface area contributed by atoms with E-state index in [9.17, 15) is 10.2 Å². The molecule has 22 heavy (non-hydrogen) atoms. The van der Waals surface area contributed by atoms with Crippen LogP contribution in [-0.2, 0) is 29.5 Å². The summed E-state index contributed by atoms with van der Waals surface area (Å²) in [5, 5.41) is 19.8. The maximum atomic E-state index is 9.97. The molecule has 0 unspecified atom stereocenters. The first-order chi connectivity index (χ1) is 9.75. The molecule has 2 heteroatoms. The van der Waals surface area contributed by atoms with E-state index in [2.05, 4.69) is 68.4 Å². The van der Waals surface area contributed by atoms with Crippen molar-refractivity contribution in [3.05, 3.63) is 33.9 Å². The average Bonchev–Trinajstić information content (AvgIpc) is 2.32. The molecule has 2 nitrogen and oxygen atoms in total. The molecule has 0 aliphatic carbocycles. The van der Waals surface area contributed by atoms with Crippen molar-refractivity contribution in [3.63, 3.8) is 0 Å². The second-order valence-electron chi connectivity index (χ2n) is 9.38. The van der Waals surface area contributed by atoms with Crippen LogP contribution < -0.4 is 0 Å². The van der Waals surface area contributed by atoms with Crippen molar-refractivity contribution in [2.24, 2.45) is 0 Å². The maximum absolute atomic E-state index is 9.97. The van der Waals surface area contributed by atoms with Gasteiger partial charge in [-0.15, -0.1) is 0 Å². The normalized spacial score (nSPS) is 13.6. The highest BCUT2D eigenvalue weighted by Crippen LogP contribution is 2.43. The lowest BCUT2D eigenvalue weighted by Crippen LogP contribution is -2.30. The van der Waals surface area contributed by atoms with Gasteiger partial charge in [-0.2, -0.15) is 0 Å². The summed E-state index contributed by atoms with van der Waals surface area (Å²) in [6, 6.07) is 2.10. The van der Waals surface area contributed by atoms with Gasteiger partial charge in [0.05, 0.1) is 13.2 Å². The van der Waals surface area contributed by atoms with Gasteiger partial charge >= 0.3 is 0 Å². The molecule has 0 aliphatic heterocycles. The highest BCUT2D eigenvalue weighted by Gasteiger charge is 2.34. The first-order valence-corrected chi connectivity index (χ1v) is 8.17.